The van der Waals surface area contributed by atoms with E-state index >= 15 is 0 Å². The third-order valence-electron chi connectivity index (χ3n) is 3.25. The molecule has 24 heavy (non-hydrogen) atoms. The van der Waals surface area contributed by atoms with Crippen LogP contribution in [0, 0.1) is 0 Å². The Labute approximate surface area is 140 Å². The van der Waals surface area contributed by atoms with Crippen LogP contribution in [-0.4, -0.2) is 19.0 Å². The van der Waals surface area contributed by atoms with Crippen molar-refractivity contribution in [3.05, 3.63) is 48.0 Å². The first-order chi connectivity index (χ1) is 11.5. The number of carbonyl (C=O) groups is 2. The highest BCUT2D eigenvalue weighted by molar-refractivity contribution is 5.98. The Hall–Kier alpha value is -3.02. The van der Waals surface area contributed by atoms with Crippen molar-refractivity contribution < 1.29 is 19.1 Å². The average molecular weight is 328 g/mol. The van der Waals surface area contributed by atoms with Crippen molar-refractivity contribution in [3.8, 4) is 11.5 Å². The smallest absolute Gasteiger partial charge is 0.338 e. The van der Waals surface area contributed by atoms with E-state index in [4.69, 9.17) is 15.2 Å². The summed E-state index contributed by atoms with van der Waals surface area (Å²) < 4.78 is 10.5. The van der Waals surface area contributed by atoms with Crippen LogP contribution in [0.5, 0.6) is 11.5 Å². The molecule has 1 amide bonds. The molecular formula is C18H20N2O4. The second-order valence-electron chi connectivity index (χ2n) is 5.15. The standard InChI is InChI=1S/C18H20N2O4/c1-3-7-16(21)20-15-11-12(18(22)23-2)10-14(19)17(15)24-13-8-5-4-6-9-13/h4-6,8-11H,3,7,19H2,1-2H3,(H,20,21). The number of carbonyl (C=O) groups excluding carboxylic acids is 2. The van der Waals surface area contributed by atoms with Crippen LogP contribution in [0.25, 0.3) is 0 Å². The van der Waals surface area contributed by atoms with Crippen molar-refractivity contribution in [3.63, 3.8) is 0 Å². The second-order valence-corrected chi connectivity index (χ2v) is 5.15. The highest BCUT2D eigenvalue weighted by atomic mass is 16.5. The fraction of sp³-hybridized carbons (Fsp3) is 0.222. The van der Waals surface area contributed by atoms with E-state index in [0.717, 1.165) is 0 Å². The summed E-state index contributed by atoms with van der Waals surface area (Å²) in [7, 11) is 1.28. The Kier molecular flexibility index (Phi) is 5.78. The van der Waals surface area contributed by atoms with Crippen molar-refractivity contribution in [2.45, 2.75) is 19.8 Å². The molecule has 6 heteroatoms. The Morgan fingerprint density at radius 1 is 1.17 bits per heavy atom. The van der Waals surface area contributed by atoms with E-state index in [-0.39, 0.29) is 17.2 Å². The van der Waals surface area contributed by atoms with E-state index in [1.54, 1.807) is 12.1 Å². The van der Waals surface area contributed by atoms with Crippen LogP contribution in [-0.2, 0) is 9.53 Å². The third-order valence-corrected chi connectivity index (χ3v) is 3.25. The van der Waals surface area contributed by atoms with E-state index in [0.29, 0.717) is 30.0 Å². The van der Waals surface area contributed by atoms with Crippen LogP contribution >= 0.6 is 0 Å². The lowest BCUT2D eigenvalue weighted by atomic mass is 10.1. The van der Waals surface area contributed by atoms with Crippen molar-refractivity contribution >= 4 is 23.3 Å². The molecule has 2 aromatic carbocycles. The number of nitrogens with two attached hydrogens (primary N) is 1. The predicted octanol–water partition coefficient (Wildman–Crippen LogP) is 3.59. The van der Waals surface area contributed by atoms with Gasteiger partial charge in [-0.15, -0.1) is 0 Å². The molecule has 0 aliphatic rings. The fourth-order valence-corrected chi connectivity index (χ4v) is 2.14. The monoisotopic (exact) mass is 328 g/mol. The molecular weight excluding hydrogens is 308 g/mol. The number of amides is 1. The summed E-state index contributed by atoms with van der Waals surface area (Å²) in [5, 5.41) is 2.74. The normalized spacial score (nSPS) is 10.1. The summed E-state index contributed by atoms with van der Waals surface area (Å²) in [6.07, 6.45) is 1.06. The number of hydrogen-bond donors (Lipinski definition) is 2. The van der Waals surface area contributed by atoms with Crippen molar-refractivity contribution in [2.75, 3.05) is 18.2 Å². The highest BCUT2D eigenvalue weighted by Crippen LogP contribution is 2.37. The van der Waals surface area contributed by atoms with Crippen molar-refractivity contribution in [1.82, 2.24) is 0 Å². The molecule has 0 unspecified atom stereocenters. The van der Waals surface area contributed by atoms with Crippen molar-refractivity contribution in [2.24, 2.45) is 0 Å². The molecule has 0 heterocycles. The van der Waals surface area contributed by atoms with E-state index in [1.807, 2.05) is 25.1 Å². The van der Waals surface area contributed by atoms with Gasteiger partial charge in [-0.25, -0.2) is 4.79 Å². The molecule has 0 spiro atoms. The van der Waals surface area contributed by atoms with Crippen LogP contribution in [0.1, 0.15) is 30.1 Å². The molecule has 126 valence electrons. The summed E-state index contributed by atoms with van der Waals surface area (Å²) in [4.78, 5) is 23.7. The molecule has 3 N–H and O–H groups in total. The maximum Gasteiger partial charge on any atom is 0.338 e. The summed E-state index contributed by atoms with van der Waals surface area (Å²) in [6.45, 7) is 1.90. The minimum Gasteiger partial charge on any atom is -0.465 e. The third kappa shape index (κ3) is 4.25. The molecule has 0 bridgehead atoms. The molecule has 0 radical (unpaired) electrons. The average Bonchev–Trinajstić information content (AvgIpc) is 2.58. The summed E-state index contributed by atoms with van der Waals surface area (Å²) in [5.41, 5.74) is 6.83. The first-order valence-electron chi connectivity index (χ1n) is 7.59. The van der Waals surface area contributed by atoms with Crippen molar-refractivity contribution in [1.29, 1.82) is 0 Å². The largest absolute Gasteiger partial charge is 0.465 e. The number of anilines is 2. The number of rotatable bonds is 6. The first-order valence-corrected chi connectivity index (χ1v) is 7.59. The lowest BCUT2D eigenvalue weighted by Crippen LogP contribution is -2.13. The van der Waals surface area contributed by atoms with Gasteiger partial charge in [0.1, 0.15) is 5.75 Å². The van der Waals surface area contributed by atoms with Crippen LogP contribution in [0.2, 0.25) is 0 Å². The quantitative estimate of drug-likeness (QED) is 0.624. The number of benzene rings is 2. The zero-order valence-electron chi connectivity index (χ0n) is 13.7. The second kappa shape index (κ2) is 8.01. The van der Waals surface area contributed by atoms with Crippen LogP contribution in [0.15, 0.2) is 42.5 Å². The van der Waals surface area contributed by atoms with Crippen LogP contribution in [0.3, 0.4) is 0 Å². The minimum atomic E-state index is -0.543. The van der Waals surface area contributed by atoms with Crippen LogP contribution < -0.4 is 15.8 Å². The molecule has 0 atom stereocenters. The number of nitrogen functional groups attached to an aromatic ring is 1. The van der Waals surface area contributed by atoms with Gasteiger partial charge < -0.3 is 20.5 Å². The molecule has 6 nitrogen and oxygen atoms in total. The SMILES string of the molecule is CCCC(=O)Nc1cc(C(=O)OC)cc(N)c1Oc1ccccc1. The molecule has 0 fully saturated rings. The number of ether oxygens (including phenoxy) is 2. The zero-order chi connectivity index (χ0) is 17.5. The Balaban J connectivity index is 2.42. The van der Waals surface area contributed by atoms with E-state index in [1.165, 1.54) is 19.2 Å². The van der Waals surface area contributed by atoms with Gasteiger partial charge in [0.15, 0.2) is 5.75 Å². The number of hydrogen-bond acceptors (Lipinski definition) is 5. The molecule has 0 saturated carbocycles. The fourth-order valence-electron chi connectivity index (χ4n) is 2.14. The number of esters is 1. The van der Waals surface area contributed by atoms with Gasteiger partial charge in [-0.2, -0.15) is 0 Å². The number of para-hydroxylation sites is 1. The molecule has 0 aromatic heterocycles. The number of nitrogens with one attached hydrogen (secondary N) is 1. The minimum absolute atomic E-state index is 0.183. The lowest BCUT2D eigenvalue weighted by Gasteiger charge is -2.16. The Bertz CT molecular complexity index is 729. The van der Waals surface area contributed by atoms with E-state index in [9.17, 15) is 9.59 Å². The summed E-state index contributed by atoms with van der Waals surface area (Å²) in [5.74, 6) is 0.134. The Morgan fingerprint density at radius 2 is 1.88 bits per heavy atom. The maximum atomic E-state index is 12.0. The van der Waals surface area contributed by atoms with Gasteiger partial charge in [-0.1, -0.05) is 25.1 Å². The zero-order valence-corrected chi connectivity index (χ0v) is 13.7. The topological polar surface area (TPSA) is 90.7 Å². The van der Waals surface area contributed by atoms with Gasteiger partial charge in [-0.05, 0) is 30.7 Å². The summed E-state index contributed by atoms with van der Waals surface area (Å²) in [6, 6.07) is 12.0. The van der Waals surface area contributed by atoms with E-state index < -0.39 is 5.97 Å². The molecule has 0 aliphatic heterocycles. The molecule has 2 aromatic rings. The molecule has 0 saturated heterocycles. The van der Waals surface area contributed by atoms with Gasteiger partial charge in [0.05, 0.1) is 24.0 Å². The highest BCUT2D eigenvalue weighted by Gasteiger charge is 2.17. The lowest BCUT2D eigenvalue weighted by molar-refractivity contribution is -0.116. The summed E-state index contributed by atoms with van der Waals surface area (Å²) >= 11 is 0. The van der Waals surface area contributed by atoms with Gasteiger partial charge >= 0.3 is 5.97 Å². The van der Waals surface area contributed by atoms with E-state index in [2.05, 4.69) is 5.32 Å². The first kappa shape index (κ1) is 17.3. The molecule has 2 rings (SSSR count). The molecule has 0 aliphatic carbocycles. The van der Waals surface area contributed by atoms with Gasteiger partial charge in [-0.3, -0.25) is 4.79 Å². The van der Waals surface area contributed by atoms with Gasteiger partial charge in [0, 0.05) is 6.42 Å². The van der Waals surface area contributed by atoms with Crippen LogP contribution in [0.4, 0.5) is 11.4 Å². The predicted molar refractivity (Wildman–Crippen MR) is 92.2 cm³/mol. The maximum absolute atomic E-state index is 12.0. The Morgan fingerprint density at radius 3 is 2.50 bits per heavy atom. The number of methoxy groups -OCH3 is 1. The van der Waals surface area contributed by atoms with Gasteiger partial charge in [0.25, 0.3) is 0 Å². The van der Waals surface area contributed by atoms with Gasteiger partial charge in [0.2, 0.25) is 5.91 Å².